The number of carbonyl (C=O) groups is 1. The molecular formula is C11H17N3O. The van der Waals surface area contributed by atoms with E-state index in [0.29, 0.717) is 6.04 Å². The van der Waals surface area contributed by atoms with Gasteiger partial charge in [0.15, 0.2) is 0 Å². The van der Waals surface area contributed by atoms with Gasteiger partial charge in [-0.1, -0.05) is 0 Å². The summed E-state index contributed by atoms with van der Waals surface area (Å²) in [6.07, 6.45) is 4.47. The molecule has 1 aromatic rings. The van der Waals surface area contributed by atoms with Crippen LogP contribution in [0.5, 0.6) is 0 Å². The number of nitrogens with two attached hydrogens (primary N) is 1. The second-order valence-electron chi connectivity index (χ2n) is 4.50. The van der Waals surface area contributed by atoms with Crippen molar-refractivity contribution in [2.45, 2.75) is 39.2 Å². The van der Waals surface area contributed by atoms with Gasteiger partial charge in [-0.05, 0) is 32.3 Å². The largest absolute Gasteiger partial charge is 0.369 e. The van der Waals surface area contributed by atoms with Crippen LogP contribution in [0.25, 0.3) is 0 Å². The molecule has 2 rings (SSSR count). The van der Waals surface area contributed by atoms with Gasteiger partial charge < -0.3 is 5.73 Å². The van der Waals surface area contributed by atoms with E-state index in [9.17, 15) is 4.79 Å². The van der Waals surface area contributed by atoms with Crippen LogP contribution in [0.3, 0.4) is 0 Å². The van der Waals surface area contributed by atoms with Crippen LogP contribution in [0.4, 0.5) is 0 Å². The molecule has 0 bridgehead atoms. The zero-order valence-electron chi connectivity index (χ0n) is 9.23. The minimum absolute atomic E-state index is 0.00769. The minimum Gasteiger partial charge on any atom is -0.369 e. The van der Waals surface area contributed by atoms with Gasteiger partial charge in [0, 0.05) is 24.1 Å². The van der Waals surface area contributed by atoms with E-state index >= 15 is 0 Å². The lowest BCUT2D eigenvalue weighted by Crippen LogP contribution is -2.29. The third-order valence-electron chi connectivity index (χ3n) is 3.08. The first-order chi connectivity index (χ1) is 7.09. The maximum Gasteiger partial charge on any atom is 0.220 e. The number of amides is 1. The van der Waals surface area contributed by atoms with E-state index in [1.54, 1.807) is 0 Å². The molecule has 0 fully saturated rings. The van der Waals surface area contributed by atoms with E-state index in [-0.39, 0.29) is 11.8 Å². The summed E-state index contributed by atoms with van der Waals surface area (Å²) in [7, 11) is 0. The third kappa shape index (κ3) is 1.76. The van der Waals surface area contributed by atoms with Crippen molar-refractivity contribution in [2.24, 2.45) is 11.7 Å². The quantitative estimate of drug-likeness (QED) is 0.788. The first-order valence-electron chi connectivity index (χ1n) is 5.44. The first-order valence-corrected chi connectivity index (χ1v) is 5.44. The molecule has 1 aromatic heterocycles. The molecule has 1 amide bonds. The van der Waals surface area contributed by atoms with Crippen molar-refractivity contribution >= 4 is 5.91 Å². The molecule has 1 atom stereocenters. The lowest BCUT2D eigenvalue weighted by atomic mass is 9.87. The first kappa shape index (κ1) is 10.2. The van der Waals surface area contributed by atoms with Crippen LogP contribution < -0.4 is 5.73 Å². The second kappa shape index (κ2) is 3.68. The Balaban J connectivity index is 2.30. The molecule has 82 valence electrons. The summed E-state index contributed by atoms with van der Waals surface area (Å²) in [6.45, 7) is 4.20. The SMILES string of the molecule is CC(C)n1ncc2c1C[C@@H](C(N)=O)CC2. The van der Waals surface area contributed by atoms with Crippen LogP contribution >= 0.6 is 0 Å². The van der Waals surface area contributed by atoms with Gasteiger partial charge in [0.2, 0.25) is 5.91 Å². The fourth-order valence-electron chi connectivity index (χ4n) is 2.21. The Kier molecular flexibility index (Phi) is 2.50. The van der Waals surface area contributed by atoms with Crippen LogP contribution in [0, 0.1) is 5.92 Å². The van der Waals surface area contributed by atoms with Gasteiger partial charge in [0.05, 0.1) is 6.20 Å². The monoisotopic (exact) mass is 207 g/mol. The van der Waals surface area contributed by atoms with Crippen molar-refractivity contribution < 1.29 is 4.79 Å². The van der Waals surface area contributed by atoms with E-state index in [1.807, 2.05) is 10.9 Å². The Morgan fingerprint density at radius 1 is 1.67 bits per heavy atom. The number of fused-ring (bicyclic) bond motifs is 1. The molecule has 0 unspecified atom stereocenters. The predicted octanol–water partition coefficient (Wildman–Crippen LogP) is 1.05. The fraction of sp³-hybridized carbons (Fsp3) is 0.636. The number of aryl methyl sites for hydroxylation is 1. The van der Waals surface area contributed by atoms with E-state index in [1.165, 1.54) is 11.3 Å². The Labute approximate surface area is 89.5 Å². The van der Waals surface area contributed by atoms with Gasteiger partial charge in [-0.15, -0.1) is 0 Å². The highest BCUT2D eigenvalue weighted by Gasteiger charge is 2.26. The normalized spacial score (nSPS) is 20.3. The van der Waals surface area contributed by atoms with Crippen LogP contribution in [-0.2, 0) is 17.6 Å². The van der Waals surface area contributed by atoms with Crippen molar-refractivity contribution in [3.63, 3.8) is 0 Å². The number of nitrogens with zero attached hydrogens (tertiary/aromatic N) is 2. The number of carbonyl (C=O) groups excluding carboxylic acids is 1. The van der Waals surface area contributed by atoms with Crippen molar-refractivity contribution in [1.82, 2.24) is 9.78 Å². The Hall–Kier alpha value is -1.32. The lowest BCUT2D eigenvalue weighted by molar-refractivity contribution is -0.122. The highest BCUT2D eigenvalue weighted by atomic mass is 16.1. The Morgan fingerprint density at radius 2 is 2.40 bits per heavy atom. The van der Waals surface area contributed by atoms with Crippen LogP contribution in [0.1, 0.15) is 37.6 Å². The molecule has 0 aliphatic heterocycles. The molecular weight excluding hydrogens is 190 g/mol. The molecule has 0 spiro atoms. The summed E-state index contributed by atoms with van der Waals surface area (Å²) in [5.41, 5.74) is 7.82. The molecule has 0 saturated heterocycles. The van der Waals surface area contributed by atoms with Crippen LogP contribution in [0.2, 0.25) is 0 Å². The molecule has 1 heterocycles. The van der Waals surface area contributed by atoms with E-state index in [0.717, 1.165) is 19.3 Å². The Morgan fingerprint density at radius 3 is 3.00 bits per heavy atom. The number of hydrogen-bond acceptors (Lipinski definition) is 2. The molecule has 15 heavy (non-hydrogen) atoms. The number of primary amides is 1. The molecule has 1 aliphatic rings. The zero-order chi connectivity index (χ0) is 11.0. The predicted molar refractivity (Wildman–Crippen MR) is 57.3 cm³/mol. The molecule has 2 N–H and O–H groups in total. The van der Waals surface area contributed by atoms with E-state index in [4.69, 9.17) is 5.73 Å². The molecule has 0 saturated carbocycles. The standard InChI is InChI=1S/C11H17N3O/c1-7(2)14-10-5-8(11(12)15)3-4-9(10)6-13-14/h6-8H,3-5H2,1-2H3,(H2,12,15)/t8-/m0/s1. The summed E-state index contributed by atoms with van der Waals surface area (Å²) < 4.78 is 2.00. The topological polar surface area (TPSA) is 60.9 Å². The minimum atomic E-state index is -0.183. The molecule has 0 aromatic carbocycles. The highest BCUT2D eigenvalue weighted by Crippen LogP contribution is 2.26. The third-order valence-corrected chi connectivity index (χ3v) is 3.08. The van der Waals surface area contributed by atoms with Gasteiger partial charge in [0.1, 0.15) is 0 Å². The van der Waals surface area contributed by atoms with Gasteiger partial charge in [-0.2, -0.15) is 5.10 Å². The molecule has 4 nitrogen and oxygen atoms in total. The van der Waals surface area contributed by atoms with E-state index in [2.05, 4.69) is 18.9 Å². The van der Waals surface area contributed by atoms with Crippen molar-refractivity contribution in [2.75, 3.05) is 0 Å². The van der Waals surface area contributed by atoms with Gasteiger partial charge in [-0.25, -0.2) is 0 Å². The van der Waals surface area contributed by atoms with Gasteiger partial charge >= 0.3 is 0 Å². The lowest BCUT2D eigenvalue weighted by Gasteiger charge is -2.21. The maximum absolute atomic E-state index is 11.2. The number of aromatic nitrogens is 2. The van der Waals surface area contributed by atoms with Gasteiger partial charge in [-0.3, -0.25) is 9.48 Å². The van der Waals surface area contributed by atoms with Crippen LogP contribution in [-0.4, -0.2) is 15.7 Å². The second-order valence-corrected chi connectivity index (χ2v) is 4.50. The molecule has 4 heteroatoms. The van der Waals surface area contributed by atoms with Crippen molar-refractivity contribution in [1.29, 1.82) is 0 Å². The summed E-state index contributed by atoms with van der Waals surface area (Å²) in [5, 5.41) is 4.36. The average Bonchev–Trinajstić information content (AvgIpc) is 2.59. The smallest absolute Gasteiger partial charge is 0.220 e. The Bertz CT molecular complexity index is 381. The molecule has 1 aliphatic carbocycles. The summed E-state index contributed by atoms with van der Waals surface area (Å²) in [6, 6.07) is 0.348. The summed E-state index contributed by atoms with van der Waals surface area (Å²) in [4.78, 5) is 11.2. The van der Waals surface area contributed by atoms with Crippen LogP contribution in [0.15, 0.2) is 6.20 Å². The van der Waals surface area contributed by atoms with Crippen molar-refractivity contribution in [3.8, 4) is 0 Å². The molecule has 0 radical (unpaired) electrons. The summed E-state index contributed by atoms with van der Waals surface area (Å²) in [5.74, 6) is -0.191. The highest BCUT2D eigenvalue weighted by molar-refractivity contribution is 5.77. The van der Waals surface area contributed by atoms with Crippen molar-refractivity contribution in [3.05, 3.63) is 17.5 Å². The van der Waals surface area contributed by atoms with E-state index < -0.39 is 0 Å². The fourth-order valence-corrected chi connectivity index (χ4v) is 2.21. The number of rotatable bonds is 2. The zero-order valence-corrected chi connectivity index (χ0v) is 9.23. The number of hydrogen-bond donors (Lipinski definition) is 1. The maximum atomic E-state index is 11.2. The summed E-state index contributed by atoms with van der Waals surface area (Å²) >= 11 is 0. The van der Waals surface area contributed by atoms with Gasteiger partial charge in [0.25, 0.3) is 0 Å². The average molecular weight is 207 g/mol.